The Hall–Kier alpha value is -1.50. The number of ether oxygens (including phenoxy) is 1. The van der Waals surface area contributed by atoms with Crippen LogP contribution in [0.5, 0.6) is 5.75 Å². The first-order valence-corrected chi connectivity index (χ1v) is 4.51. The summed E-state index contributed by atoms with van der Waals surface area (Å²) in [5.41, 5.74) is 3.75. The van der Waals surface area contributed by atoms with Crippen molar-refractivity contribution in [1.29, 1.82) is 0 Å². The van der Waals surface area contributed by atoms with E-state index < -0.39 is 0 Å². The van der Waals surface area contributed by atoms with Crippen molar-refractivity contribution < 1.29 is 4.74 Å². The molecule has 14 heavy (non-hydrogen) atoms. The van der Waals surface area contributed by atoms with Gasteiger partial charge in [-0.2, -0.15) is 0 Å². The zero-order valence-corrected chi connectivity index (χ0v) is 7.73. The lowest BCUT2D eigenvalue weighted by Crippen LogP contribution is -2.39. The molecule has 1 aliphatic heterocycles. The van der Waals surface area contributed by atoms with Crippen LogP contribution in [0.1, 0.15) is 11.5 Å². The Labute approximate surface area is 83.2 Å². The molecule has 0 amide bonds. The standard InChI is InChI=1S/C11H12N2O/c1-2-10(13-12)9-7-14-11-6-4-3-5-8(9)11/h1,3-6,9-10,13H,7,12H2. The molecule has 1 aromatic rings. The monoisotopic (exact) mass is 188 g/mol. The van der Waals surface area contributed by atoms with Crippen LogP contribution in [-0.4, -0.2) is 12.6 Å². The maximum Gasteiger partial charge on any atom is 0.123 e. The molecule has 1 aromatic carbocycles. The lowest BCUT2D eigenvalue weighted by molar-refractivity contribution is 0.315. The first-order valence-electron chi connectivity index (χ1n) is 4.51. The second-order valence-corrected chi connectivity index (χ2v) is 3.27. The molecule has 0 radical (unpaired) electrons. The van der Waals surface area contributed by atoms with Gasteiger partial charge >= 0.3 is 0 Å². The summed E-state index contributed by atoms with van der Waals surface area (Å²) in [6.45, 7) is 0.596. The van der Waals surface area contributed by atoms with Crippen LogP contribution in [0.2, 0.25) is 0 Å². The summed E-state index contributed by atoms with van der Waals surface area (Å²) >= 11 is 0. The van der Waals surface area contributed by atoms with Crippen molar-refractivity contribution in [1.82, 2.24) is 5.43 Å². The summed E-state index contributed by atoms with van der Waals surface area (Å²) in [6.07, 6.45) is 5.37. The van der Waals surface area contributed by atoms with Crippen LogP contribution >= 0.6 is 0 Å². The molecular weight excluding hydrogens is 176 g/mol. The van der Waals surface area contributed by atoms with Crippen LogP contribution in [0, 0.1) is 12.3 Å². The van der Waals surface area contributed by atoms with Gasteiger partial charge < -0.3 is 4.74 Å². The van der Waals surface area contributed by atoms with Crippen LogP contribution in [0.3, 0.4) is 0 Å². The molecule has 72 valence electrons. The Morgan fingerprint density at radius 2 is 2.36 bits per heavy atom. The quantitative estimate of drug-likeness (QED) is 0.406. The highest BCUT2D eigenvalue weighted by molar-refractivity contribution is 5.41. The highest BCUT2D eigenvalue weighted by atomic mass is 16.5. The smallest absolute Gasteiger partial charge is 0.123 e. The van der Waals surface area contributed by atoms with Gasteiger partial charge in [-0.25, -0.2) is 5.43 Å². The molecule has 0 fully saturated rings. The van der Waals surface area contributed by atoms with Gasteiger partial charge in [0.25, 0.3) is 0 Å². The third-order valence-electron chi connectivity index (χ3n) is 2.50. The summed E-state index contributed by atoms with van der Waals surface area (Å²) in [6, 6.07) is 7.72. The molecule has 1 aliphatic rings. The average molecular weight is 188 g/mol. The molecule has 0 aliphatic carbocycles. The van der Waals surface area contributed by atoms with Gasteiger partial charge in [-0.3, -0.25) is 5.84 Å². The van der Waals surface area contributed by atoms with Gasteiger partial charge in [0, 0.05) is 11.5 Å². The molecular formula is C11H12N2O. The Morgan fingerprint density at radius 3 is 3.07 bits per heavy atom. The van der Waals surface area contributed by atoms with E-state index in [1.807, 2.05) is 24.3 Å². The molecule has 2 rings (SSSR count). The molecule has 2 atom stereocenters. The van der Waals surface area contributed by atoms with Crippen molar-refractivity contribution in [3.8, 4) is 18.1 Å². The van der Waals surface area contributed by atoms with Crippen molar-refractivity contribution in [2.45, 2.75) is 12.0 Å². The first-order chi connectivity index (χ1) is 6.86. The lowest BCUT2D eigenvalue weighted by Gasteiger charge is -2.15. The molecule has 1 heterocycles. The Kier molecular flexibility index (Phi) is 2.40. The number of terminal acetylenes is 1. The van der Waals surface area contributed by atoms with Crippen LogP contribution in [-0.2, 0) is 0 Å². The van der Waals surface area contributed by atoms with E-state index in [0.29, 0.717) is 6.61 Å². The second kappa shape index (κ2) is 3.70. The van der Waals surface area contributed by atoms with E-state index in [1.165, 1.54) is 0 Å². The van der Waals surface area contributed by atoms with E-state index in [1.54, 1.807) is 0 Å². The largest absolute Gasteiger partial charge is 0.493 e. The number of hydrogen-bond acceptors (Lipinski definition) is 3. The summed E-state index contributed by atoms with van der Waals surface area (Å²) in [5, 5.41) is 0. The highest BCUT2D eigenvalue weighted by Gasteiger charge is 2.29. The zero-order valence-electron chi connectivity index (χ0n) is 7.73. The number of hydrogen-bond donors (Lipinski definition) is 2. The molecule has 0 spiro atoms. The molecule has 0 saturated heterocycles. The fourth-order valence-electron chi connectivity index (χ4n) is 1.74. The predicted molar refractivity (Wildman–Crippen MR) is 54.6 cm³/mol. The fraction of sp³-hybridized carbons (Fsp3) is 0.273. The van der Waals surface area contributed by atoms with Gasteiger partial charge in [0.05, 0.1) is 12.6 Å². The minimum atomic E-state index is -0.168. The number of para-hydroxylation sites is 1. The third kappa shape index (κ3) is 1.35. The van der Waals surface area contributed by atoms with E-state index in [0.717, 1.165) is 11.3 Å². The lowest BCUT2D eigenvalue weighted by atomic mass is 9.94. The first kappa shape index (κ1) is 9.07. The highest BCUT2D eigenvalue weighted by Crippen LogP contribution is 2.34. The molecule has 3 heteroatoms. The molecule has 2 unspecified atom stereocenters. The Bertz CT molecular complexity index is 370. The maximum atomic E-state index is 5.50. The van der Waals surface area contributed by atoms with Gasteiger partial charge in [-0.1, -0.05) is 24.1 Å². The normalized spacial score (nSPS) is 20.7. The van der Waals surface area contributed by atoms with Gasteiger partial charge in [0.15, 0.2) is 0 Å². The summed E-state index contributed by atoms with van der Waals surface area (Å²) in [7, 11) is 0. The third-order valence-corrected chi connectivity index (χ3v) is 2.50. The summed E-state index contributed by atoms with van der Waals surface area (Å²) in [4.78, 5) is 0. The van der Waals surface area contributed by atoms with Crippen molar-refractivity contribution in [3.63, 3.8) is 0 Å². The average Bonchev–Trinajstić information content (AvgIpc) is 2.65. The number of benzene rings is 1. The minimum absolute atomic E-state index is 0.154. The van der Waals surface area contributed by atoms with Gasteiger partial charge in [-0.05, 0) is 6.07 Å². The molecule has 0 saturated carbocycles. The van der Waals surface area contributed by atoms with E-state index >= 15 is 0 Å². The minimum Gasteiger partial charge on any atom is -0.493 e. The number of hydrazine groups is 1. The van der Waals surface area contributed by atoms with Crippen LogP contribution in [0.25, 0.3) is 0 Å². The molecule has 0 bridgehead atoms. The van der Waals surface area contributed by atoms with Crippen LogP contribution in [0.15, 0.2) is 24.3 Å². The van der Waals surface area contributed by atoms with E-state index in [9.17, 15) is 0 Å². The summed E-state index contributed by atoms with van der Waals surface area (Å²) in [5.74, 6) is 9.05. The van der Waals surface area contributed by atoms with Crippen LogP contribution in [0.4, 0.5) is 0 Å². The number of fused-ring (bicyclic) bond motifs is 1. The van der Waals surface area contributed by atoms with Crippen molar-refractivity contribution in [3.05, 3.63) is 29.8 Å². The topological polar surface area (TPSA) is 47.3 Å². The number of rotatable bonds is 2. The van der Waals surface area contributed by atoms with E-state index in [4.69, 9.17) is 17.0 Å². The van der Waals surface area contributed by atoms with Crippen molar-refractivity contribution >= 4 is 0 Å². The second-order valence-electron chi connectivity index (χ2n) is 3.27. The number of nitrogens with two attached hydrogens (primary N) is 1. The number of nitrogens with one attached hydrogen (secondary N) is 1. The predicted octanol–water partition coefficient (Wildman–Crippen LogP) is 0.628. The molecule has 3 N–H and O–H groups in total. The zero-order chi connectivity index (χ0) is 9.97. The van der Waals surface area contributed by atoms with Gasteiger partial charge in [0.2, 0.25) is 0 Å². The summed E-state index contributed by atoms with van der Waals surface area (Å²) < 4.78 is 5.50. The van der Waals surface area contributed by atoms with E-state index in [-0.39, 0.29) is 12.0 Å². The van der Waals surface area contributed by atoms with Crippen LogP contribution < -0.4 is 16.0 Å². The van der Waals surface area contributed by atoms with Gasteiger partial charge in [-0.15, -0.1) is 6.42 Å². The molecule has 0 aromatic heterocycles. The SMILES string of the molecule is C#CC(NN)C1COc2ccccc21. The Morgan fingerprint density at radius 1 is 1.57 bits per heavy atom. The maximum absolute atomic E-state index is 5.50. The fourth-order valence-corrected chi connectivity index (χ4v) is 1.74. The van der Waals surface area contributed by atoms with Gasteiger partial charge in [0.1, 0.15) is 5.75 Å². The van der Waals surface area contributed by atoms with Crippen molar-refractivity contribution in [2.75, 3.05) is 6.61 Å². The molecule has 3 nitrogen and oxygen atoms in total. The van der Waals surface area contributed by atoms with Crippen molar-refractivity contribution in [2.24, 2.45) is 5.84 Å². The van der Waals surface area contributed by atoms with E-state index in [2.05, 4.69) is 11.3 Å². The Balaban J connectivity index is 2.30.